The number of pyridine rings is 1. The lowest BCUT2D eigenvalue weighted by Gasteiger charge is -2.10. The molecule has 1 heterocycles. The Hall–Kier alpha value is -2.76. The number of hydrogen-bond donors (Lipinski definition) is 2. The van der Waals surface area contributed by atoms with Gasteiger partial charge in [0.15, 0.2) is 5.75 Å². The highest BCUT2D eigenvalue weighted by Crippen LogP contribution is 2.29. The van der Waals surface area contributed by atoms with Crippen LogP contribution in [-0.4, -0.2) is 18.0 Å². The molecule has 0 saturated heterocycles. The van der Waals surface area contributed by atoms with E-state index in [4.69, 9.17) is 20.9 Å². The first-order valence-electron chi connectivity index (χ1n) is 5.46. The number of carbonyl (C=O) groups is 1. The Balaban J connectivity index is 2.37. The predicted molar refractivity (Wildman–Crippen MR) is 70.2 cm³/mol. The molecule has 1 aromatic carbocycles. The first kappa shape index (κ1) is 12.7. The van der Waals surface area contributed by atoms with Crippen LogP contribution in [0.1, 0.15) is 10.4 Å². The zero-order chi connectivity index (χ0) is 13.8. The van der Waals surface area contributed by atoms with Crippen molar-refractivity contribution in [1.82, 2.24) is 4.98 Å². The van der Waals surface area contributed by atoms with E-state index in [1.807, 2.05) is 0 Å². The molecular weight excluding hydrogens is 246 g/mol. The summed E-state index contributed by atoms with van der Waals surface area (Å²) in [6.45, 7) is 0. The van der Waals surface area contributed by atoms with Crippen molar-refractivity contribution in [3.05, 3.63) is 42.2 Å². The van der Waals surface area contributed by atoms with Gasteiger partial charge in [-0.2, -0.15) is 0 Å². The molecule has 0 fully saturated rings. The summed E-state index contributed by atoms with van der Waals surface area (Å²) in [7, 11) is 1.49. The van der Waals surface area contributed by atoms with E-state index in [0.29, 0.717) is 28.5 Å². The van der Waals surface area contributed by atoms with Crippen molar-refractivity contribution in [2.24, 2.45) is 5.73 Å². The Morgan fingerprint density at radius 2 is 2.00 bits per heavy atom. The monoisotopic (exact) mass is 259 g/mol. The van der Waals surface area contributed by atoms with E-state index >= 15 is 0 Å². The molecule has 2 rings (SSSR count). The first-order valence-corrected chi connectivity index (χ1v) is 5.46. The number of aromatic nitrogens is 1. The minimum Gasteiger partial charge on any atom is -0.497 e. The van der Waals surface area contributed by atoms with E-state index in [0.717, 1.165) is 0 Å². The van der Waals surface area contributed by atoms with Crippen molar-refractivity contribution < 1.29 is 14.3 Å². The Bertz CT molecular complexity index is 614. The van der Waals surface area contributed by atoms with Crippen molar-refractivity contribution in [3.8, 4) is 17.2 Å². The molecule has 6 nitrogen and oxygen atoms in total. The Morgan fingerprint density at radius 3 is 2.63 bits per heavy atom. The maximum atomic E-state index is 11.2. The summed E-state index contributed by atoms with van der Waals surface area (Å²) in [4.78, 5) is 15.1. The number of ether oxygens (including phenoxy) is 2. The van der Waals surface area contributed by atoms with Gasteiger partial charge in [0, 0.05) is 23.9 Å². The summed E-state index contributed by atoms with van der Waals surface area (Å²) in [5, 5.41) is 0. The highest BCUT2D eigenvalue weighted by molar-refractivity contribution is 5.93. The molecule has 0 aliphatic rings. The molecule has 0 aliphatic heterocycles. The minimum absolute atomic E-state index is 0.293. The Labute approximate surface area is 110 Å². The van der Waals surface area contributed by atoms with Gasteiger partial charge in [-0.3, -0.25) is 9.78 Å². The van der Waals surface area contributed by atoms with Crippen molar-refractivity contribution in [2.75, 3.05) is 12.8 Å². The number of nitrogen functional groups attached to an aromatic ring is 1. The van der Waals surface area contributed by atoms with Crippen LogP contribution in [0.15, 0.2) is 36.7 Å². The van der Waals surface area contributed by atoms with E-state index in [1.54, 1.807) is 18.3 Å². The number of anilines is 1. The van der Waals surface area contributed by atoms with Crippen molar-refractivity contribution >= 4 is 11.6 Å². The number of benzene rings is 1. The highest BCUT2D eigenvalue weighted by Gasteiger charge is 2.08. The van der Waals surface area contributed by atoms with Crippen LogP contribution >= 0.6 is 0 Å². The van der Waals surface area contributed by atoms with Crippen LogP contribution in [-0.2, 0) is 0 Å². The zero-order valence-electron chi connectivity index (χ0n) is 10.3. The average molecular weight is 259 g/mol. The molecule has 6 heteroatoms. The number of rotatable bonds is 4. The molecule has 4 N–H and O–H groups in total. The second-order valence-electron chi connectivity index (χ2n) is 3.78. The molecule has 0 radical (unpaired) electrons. The van der Waals surface area contributed by atoms with Crippen LogP contribution in [0.2, 0.25) is 0 Å². The number of primary amides is 1. The van der Waals surface area contributed by atoms with Gasteiger partial charge in [-0.05, 0) is 12.1 Å². The van der Waals surface area contributed by atoms with E-state index in [1.165, 1.54) is 25.4 Å². The maximum Gasteiger partial charge on any atom is 0.248 e. The van der Waals surface area contributed by atoms with Crippen LogP contribution in [0.5, 0.6) is 17.2 Å². The van der Waals surface area contributed by atoms with E-state index < -0.39 is 5.91 Å². The molecule has 1 amide bonds. The summed E-state index contributed by atoms with van der Waals surface area (Å²) in [5.41, 5.74) is 11.7. The fourth-order valence-corrected chi connectivity index (χ4v) is 1.50. The highest BCUT2D eigenvalue weighted by atomic mass is 16.5. The van der Waals surface area contributed by atoms with Crippen LogP contribution in [0.4, 0.5) is 5.69 Å². The van der Waals surface area contributed by atoms with Gasteiger partial charge in [0.05, 0.1) is 19.0 Å². The largest absolute Gasteiger partial charge is 0.497 e. The lowest BCUT2D eigenvalue weighted by Crippen LogP contribution is -2.11. The topological polar surface area (TPSA) is 100 Å². The van der Waals surface area contributed by atoms with Crippen LogP contribution in [0.3, 0.4) is 0 Å². The smallest absolute Gasteiger partial charge is 0.248 e. The first-order chi connectivity index (χ1) is 9.10. The molecule has 1 aromatic heterocycles. The van der Waals surface area contributed by atoms with E-state index in [2.05, 4.69) is 4.98 Å². The third-order valence-corrected chi connectivity index (χ3v) is 2.44. The fraction of sp³-hybridized carbons (Fsp3) is 0.0769. The van der Waals surface area contributed by atoms with Gasteiger partial charge in [0.25, 0.3) is 0 Å². The molecule has 19 heavy (non-hydrogen) atoms. The zero-order valence-corrected chi connectivity index (χ0v) is 10.3. The lowest BCUT2D eigenvalue weighted by atomic mass is 10.2. The maximum absolute atomic E-state index is 11.2. The van der Waals surface area contributed by atoms with Crippen molar-refractivity contribution in [3.63, 3.8) is 0 Å². The Morgan fingerprint density at radius 1 is 1.26 bits per heavy atom. The van der Waals surface area contributed by atoms with E-state index in [-0.39, 0.29) is 0 Å². The van der Waals surface area contributed by atoms with Crippen LogP contribution in [0, 0.1) is 0 Å². The second-order valence-corrected chi connectivity index (χ2v) is 3.78. The molecular formula is C13H13N3O3. The molecule has 98 valence electrons. The third-order valence-electron chi connectivity index (χ3n) is 2.44. The van der Waals surface area contributed by atoms with Crippen molar-refractivity contribution in [2.45, 2.75) is 0 Å². The molecule has 0 atom stereocenters. The molecule has 0 aliphatic carbocycles. The second kappa shape index (κ2) is 5.26. The minimum atomic E-state index is -0.563. The summed E-state index contributed by atoms with van der Waals surface area (Å²) in [5.74, 6) is 0.759. The number of carbonyl (C=O) groups excluding carboxylic acids is 1. The van der Waals surface area contributed by atoms with Gasteiger partial charge < -0.3 is 20.9 Å². The van der Waals surface area contributed by atoms with Gasteiger partial charge in [0.1, 0.15) is 11.5 Å². The van der Waals surface area contributed by atoms with E-state index in [9.17, 15) is 4.79 Å². The molecule has 0 unspecified atom stereocenters. The summed E-state index contributed by atoms with van der Waals surface area (Å²) >= 11 is 0. The van der Waals surface area contributed by atoms with Crippen LogP contribution in [0.25, 0.3) is 0 Å². The third kappa shape index (κ3) is 2.92. The summed E-state index contributed by atoms with van der Waals surface area (Å²) < 4.78 is 10.7. The fourth-order valence-electron chi connectivity index (χ4n) is 1.50. The van der Waals surface area contributed by atoms with Gasteiger partial charge >= 0.3 is 0 Å². The van der Waals surface area contributed by atoms with Crippen LogP contribution < -0.4 is 20.9 Å². The lowest BCUT2D eigenvalue weighted by molar-refractivity contribution is 0.0999. The Kier molecular flexibility index (Phi) is 3.51. The number of nitrogens with two attached hydrogens (primary N) is 2. The normalized spacial score (nSPS) is 9.95. The number of methoxy groups -OCH3 is 1. The predicted octanol–water partition coefficient (Wildman–Crippen LogP) is 1.56. The molecule has 0 saturated carbocycles. The standard InChI is InChI=1S/C13H13N3O3/c1-18-9-4-8(13(15)17)5-10(6-9)19-12-2-3-16-7-11(12)14/h2-7H,14H2,1H3,(H2,15,17). The van der Waals surface area contributed by atoms with Gasteiger partial charge in [-0.1, -0.05) is 0 Å². The molecule has 0 bridgehead atoms. The van der Waals surface area contributed by atoms with Crippen molar-refractivity contribution in [1.29, 1.82) is 0 Å². The number of amides is 1. The summed E-state index contributed by atoms with van der Waals surface area (Å²) in [6, 6.07) is 6.31. The van der Waals surface area contributed by atoms with Gasteiger partial charge in [-0.15, -0.1) is 0 Å². The molecule has 0 spiro atoms. The van der Waals surface area contributed by atoms with Gasteiger partial charge in [-0.25, -0.2) is 0 Å². The number of nitrogens with zero attached hydrogens (tertiary/aromatic N) is 1. The average Bonchev–Trinajstić information content (AvgIpc) is 2.41. The number of hydrogen-bond acceptors (Lipinski definition) is 5. The quantitative estimate of drug-likeness (QED) is 0.867. The SMILES string of the molecule is COc1cc(Oc2ccncc2N)cc(C(N)=O)c1. The van der Waals surface area contributed by atoms with Gasteiger partial charge in [0.2, 0.25) is 5.91 Å². The molecule has 2 aromatic rings. The summed E-state index contributed by atoms with van der Waals surface area (Å²) in [6.07, 6.45) is 3.03.